The third-order valence-electron chi connectivity index (χ3n) is 11.4. The fraction of sp³-hybridized carbons (Fsp3) is 0.800. The summed E-state index contributed by atoms with van der Waals surface area (Å²) in [7, 11) is 0. The second-order valence-electron chi connectivity index (χ2n) is 14.3. The topological polar surface area (TPSA) is 82.5 Å². The summed E-state index contributed by atoms with van der Waals surface area (Å²) in [5.74, 6) is 1.20. The van der Waals surface area contributed by atoms with Gasteiger partial charge < -0.3 is 24.6 Å². The molecule has 1 aliphatic carbocycles. The van der Waals surface area contributed by atoms with Crippen molar-refractivity contribution in [1.82, 2.24) is 9.80 Å². The first-order valence-corrected chi connectivity index (χ1v) is 17.2. The Morgan fingerprint density at radius 2 is 1.84 bits per heavy atom. The molecule has 4 heterocycles. The number of benzene rings is 1. The first kappa shape index (κ1) is 34.6. The zero-order valence-corrected chi connectivity index (χ0v) is 27.1. The molecule has 4 aliphatic heterocycles. The molecule has 0 spiro atoms. The highest BCUT2D eigenvalue weighted by Crippen LogP contribution is 2.49. The SMILES string of the molecule is CC(C)[C@]1(C(=O)N2CCc3ccc(C(F)(F)F)cc3C2)CC[C@@H](N2CCCC3COCC[C@@H]32)C1.OCCCC1COCCC1O. The van der Waals surface area contributed by atoms with Crippen LogP contribution in [0.1, 0.15) is 88.3 Å². The largest absolute Gasteiger partial charge is 0.416 e. The maximum atomic E-state index is 14.0. The number of nitrogens with zero attached hydrogens (tertiary/aromatic N) is 2. The molecule has 1 aromatic carbocycles. The number of halogens is 3. The highest BCUT2D eigenvalue weighted by molar-refractivity contribution is 5.84. The number of amides is 1. The van der Waals surface area contributed by atoms with Gasteiger partial charge >= 0.3 is 6.18 Å². The lowest BCUT2D eigenvalue weighted by atomic mass is 9.73. The number of alkyl halides is 3. The number of hydrogen-bond donors (Lipinski definition) is 2. The molecule has 0 aromatic heterocycles. The van der Waals surface area contributed by atoms with E-state index in [-0.39, 0.29) is 37.0 Å². The van der Waals surface area contributed by atoms with Gasteiger partial charge in [-0.05, 0) is 106 Å². The van der Waals surface area contributed by atoms with E-state index in [1.54, 1.807) is 6.07 Å². The number of ether oxygens (including phenoxy) is 2. The van der Waals surface area contributed by atoms with Gasteiger partial charge in [-0.15, -0.1) is 0 Å². The molecule has 0 radical (unpaired) electrons. The van der Waals surface area contributed by atoms with Gasteiger partial charge in [-0.25, -0.2) is 0 Å². The lowest BCUT2D eigenvalue weighted by Gasteiger charge is -2.47. The van der Waals surface area contributed by atoms with Crippen LogP contribution in [0.25, 0.3) is 0 Å². The molecule has 1 amide bonds. The third-order valence-corrected chi connectivity index (χ3v) is 11.4. The Hall–Kier alpha value is -1.72. The van der Waals surface area contributed by atoms with Crippen LogP contribution in [0.5, 0.6) is 0 Å². The van der Waals surface area contributed by atoms with Crippen LogP contribution in [0.4, 0.5) is 13.2 Å². The van der Waals surface area contributed by atoms with Crippen molar-refractivity contribution >= 4 is 5.91 Å². The van der Waals surface area contributed by atoms with Gasteiger partial charge in [-0.3, -0.25) is 9.69 Å². The van der Waals surface area contributed by atoms with Crippen LogP contribution in [0, 0.1) is 23.2 Å². The summed E-state index contributed by atoms with van der Waals surface area (Å²) in [6.45, 7) is 9.49. The fourth-order valence-corrected chi connectivity index (χ4v) is 8.59. The van der Waals surface area contributed by atoms with E-state index in [1.165, 1.54) is 18.9 Å². The van der Waals surface area contributed by atoms with E-state index in [0.29, 0.717) is 49.7 Å². The van der Waals surface area contributed by atoms with E-state index >= 15 is 0 Å². The third kappa shape index (κ3) is 7.88. The number of hydrogen-bond acceptors (Lipinski definition) is 6. The molecule has 10 heteroatoms. The van der Waals surface area contributed by atoms with Gasteiger partial charge in [0.1, 0.15) is 0 Å². The van der Waals surface area contributed by atoms with E-state index in [2.05, 4.69) is 18.7 Å². The van der Waals surface area contributed by atoms with Crippen molar-refractivity contribution in [2.75, 3.05) is 46.1 Å². The normalized spacial score (nSPS) is 32.4. The van der Waals surface area contributed by atoms with E-state index in [9.17, 15) is 23.1 Å². The predicted octanol–water partition coefficient (Wildman–Crippen LogP) is 5.44. The molecule has 0 bridgehead atoms. The standard InChI is InChI=1S/C27H37F3N2O2.C8H16O3/c1-18(2)26(10-7-23(15-26)32-11-3-4-20-17-34-13-9-24(20)32)25(33)31-12-8-19-5-6-22(27(28,29)30)14-21(19)16-31;9-4-1-2-7-6-11-5-3-8(7)10/h5-6,14,18,20,23-24H,3-4,7-13,15-17H2,1-2H3;7-10H,1-6H2/t20?,23-,24+,26+;/m1./s1. The van der Waals surface area contributed by atoms with Crippen molar-refractivity contribution in [2.24, 2.45) is 23.2 Å². The molecule has 45 heavy (non-hydrogen) atoms. The Morgan fingerprint density at radius 3 is 2.58 bits per heavy atom. The molecule has 3 saturated heterocycles. The van der Waals surface area contributed by atoms with E-state index in [4.69, 9.17) is 14.6 Å². The molecule has 1 saturated carbocycles. The van der Waals surface area contributed by atoms with Crippen molar-refractivity contribution in [3.8, 4) is 0 Å². The average Bonchev–Trinajstić information content (AvgIpc) is 3.50. The summed E-state index contributed by atoms with van der Waals surface area (Å²) in [4.78, 5) is 18.6. The number of rotatable bonds is 6. The molecule has 6 atom stereocenters. The Morgan fingerprint density at radius 1 is 1.07 bits per heavy atom. The first-order chi connectivity index (χ1) is 21.5. The Bertz CT molecular complexity index is 1130. The summed E-state index contributed by atoms with van der Waals surface area (Å²) in [6, 6.07) is 4.97. The molecular formula is C35H53F3N2O5. The summed E-state index contributed by atoms with van der Waals surface area (Å²) in [5.41, 5.74) is 0.515. The molecule has 4 fully saturated rings. The zero-order valence-electron chi connectivity index (χ0n) is 27.1. The number of piperidine rings is 1. The highest BCUT2D eigenvalue weighted by atomic mass is 19.4. The molecule has 7 nitrogen and oxygen atoms in total. The van der Waals surface area contributed by atoms with Gasteiger partial charge in [0.05, 0.1) is 30.3 Å². The van der Waals surface area contributed by atoms with Gasteiger partial charge in [-0.1, -0.05) is 19.9 Å². The minimum atomic E-state index is -4.37. The van der Waals surface area contributed by atoms with Gasteiger partial charge in [-0.2, -0.15) is 13.2 Å². The number of aliphatic hydroxyl groups excluding tert-OH is 2. The second-order valence-corrected chi connectivity index (χ2v) is 14.3. The van der Waals surface area contributed by atoms with Crippen molar-refractivity contribution < 1.29 is 37.7 Å². The minimum Gasteiger partial charge on any atom is -0.396 e. The molecule has 1 aromatic rings. The molecule has 3 unspecified atom stereocenters. The average molecular weight is 639 g/mol. The van der Waals surface area contributed by atoms with Gasteiger partial charge in [0, 0.05) is 50.9 Å². The Labute approximate surface area is 266 Å². The Kier molecular flexibility index (Phi) is 11.5. The van der Waals surface area contributed by atoms with Crippen LogP contribution in [-0.2, 0) is 33.4 Å². The van der Waals surface area contributed by atoms with Crippen LogP contribution >= 0.6 is 0 Å². The van der Waals surface area contributed by atoms with Crippen LogP contribution in [0.3, 0.4) is 0 Å². The van der Waals surface area contributed by atoms with Crippen molar-refractivity contribution in [2.45, 2.75) is 109 Å². The molecule has 5 aliphatic rings. The van der Waals surface area contributed by atoms with Crippen molar-refractivity contribution in [3.63, 3.8) is 0 Å². The number of carbonyl (C=O) groups is 1. The Balaban J connectivity index is 0.000000309. The number of fused-ring (bicyclic) bond motifs is 2. The number of likely N-dealkylation sites (tertiary alicyclic amines) is 1. The van der Waals surface area contributed by atoms with Crippen LogP contribution in [-0.4, -0.2) is 90.2 Å². The van der Waals surface area contributed by atoms with Crippen LogP contribution in [0.2, 0.25) is 0 Å². The first-order valence-electron chi connectivity index (χ1n) is 17.2. The van der Waals surface area contributed by atoms with Crippen LogP contribution < -0.4 is 0 Å². The molecular weight excluding hydrogens is 585 g/mol. The van der Waals surface area contributed by atoms with Gasteiger partial charge in [0.2, 0.25) is 5.91 Å². The van der Waals surface area contributed by atoms with E-state index in [1.807, 2.05) is 4.90 Å². The maximum absolute atomic E-state index is 14.0. The highest BCUT2D eigenvalue weighted by Gasteiger charge is 2.52. The van der Waals surface area contributed by atoms with E-state index < -0.39 is 17.2 Å². The quantitative estimate of drug-likeness (QED) is 0.432. The number of aliphatic hydroxyl groups is 2. The van der Waals surface area contributed by atoms with E-state index in [0.717, 1.165) is 76.3 Å². The van der Waals surface area contributed by atoms with Crippen LogP contribution in [0.15, 0.2) is 18.2 Å². The lowest BCUT2D eigenvalue weighted by molar-refractivity contribution is -0.146. The minimum absolute atomic E-state index is 0.147. The molecule has 6 rings (SSSR count). The maximum Gasteiger partial charge on any atom is 0.416 e. The molecule has 2 N–H and O–H groups in total. The fourth-order valence-electron chi connectivity index (χ4n) is 8.59. The summed E-state index contributed by atoms with van der Waals surface area (Å²) in [5, 5.41) is 18.0. The second kappa shape index (κ2) is 15.0. The lowest BCUT2D eigenvalue weighted by Crippen LogP contribution is -2.54. The summed E-state index contributed by atoms with van der Waals surface area (Å²) >= 11 is 0. The zero-order chi connectivity index (χ0) is 32.2. The smallest absolute Gasteiger partial charge is 0.396 e. The van der Waals surface area contributed by atoms with Gasteiger partial charge in [0.25, 0.3) is 0 Å². The molecule has 254 valence electrons. The van der Waals surface area contributed by atoms with Crippen molar-refractivity contribution in [1.29, 1.82) is 0 Å². The van der Waals surface area contributed by atoms with Gasteiger partial charge in [0.15, 0.2) is 0 Å². The monoisotopic (exact) mass is 638 g/mol. The summed E-state index contributed by atoms with van der Waals surface area (Å²) < 4.78 is 50.8. The van der Waals surface area contributed by atoms with Crippen molar-refractivity contribution in [3.05, 3.63) is 34.9 Å². The predicted molar refractivity (Wildman–Crippen MR) is 165 cm³/mol. The number of carbonyl (C=O) groups excluding carboxylic acids is 1. The summed E-state index contributed by atoms with van der Waals surface area (Å²) in [6.07, 6.45) is 4.68.